The predicted molar refractivity (Wildman–Crippen MR) is 167 cm³/mol. The number of unbranched alkanes of at least 4 members (excludes halogenated alkanes) is 2. The van der Waals surface area contributed by atoms with Gasteiger partial charge in [-0.3, -0.25) is 0 Å². The minimum atomic E-state index is -0.552. The van der Waals surface area contributed by atoms with Crippen LogP contribution in [0.2, 0.25) is 0 Å². The van der Waals surface area contributed by atoms with Crippen LogP contribution in [0.5, 0.6) is 5.75 Å². The summed E-state index contributed by atoms with van der Waals surface area (Å²) in [7, 11) is 0. The first kappa shape index (κ1) is 33.6. The van der Waals surface area contributed by atoms with E-state index in [0.717, 1.165) is 41.9 Å². The van der Waals surface area contributed by atoms with Gasteiger partial charge in [0.1, 0.15) is 5.75 Å². The average Bonchev–Trinajstić information content (AvgIpc) is 3.00. The number of aliphatic hydroxyl groups is 2. The van der Waals surface area contributed by atoms with Crippen LogP contribution in [0.4, 0.5) is 0 Å². The Balaban J connectivity index is 1.56. The lowest BCUT2D eigenvalue weighted by molar-refractivity contribution is -0.139. The number of esters is 1. The molecule has 5 nitrogen and oxygen atoms in total. The number of carbonyl (C=O) groups excluding carboxylic acids is 1. The van der Waals surface area contributed by atoms with E-state index in [1.54, 1.807) is 6.92 Å². The molecule has 0 aromatic heterocycles. The largest absolute Gasteiger partial charge is 0.493 e. The first-order chi connectivity index (χ1) is 19.8. The second kappa shape index (κ2) is 17.3. The van der Waals surface area contributed by atoms with Crippen molar-refractivity contribution in [3.05, 3.63) is 41.5 Å². The molecule has 1 aromatic carbocycles. The summed E-state index contributed by atoms with van der Waals surface area (Å²) >= 11 is 0. The van der Waals surface area contributed by atoms with Crippen LogP contribution in [0.1, 0.15) is 128 Å². The molecule has 232 valence electrons. The number of aliphatic hydroxyl groups excluding tert-OH is 2. The third-order valence-corrected chi connectivity index (χ3v) is 10.0. The zero-order valence-corrected chi connectivity index (χ0v) is 26.3. The maximum atomic E-state index is 11.8. The first-order valence-electron chi connectivity index (χ1n) is 16.6. The summed E-state index contributed by atoms with van der Waals surface area (Å²) in [5, 5.41) is 19.3. The summed E-state index contributed by atoms with van der Waals surface area (Å²) in [6, 6.07) is 6.66. The number of benzene rings is 1. The van der Waals surface area contributed by atoms with Gasteiger partial charge in [-0.05, 0) is 106 Å². The molecule has 0 unspecified atom stereocenters. The fourth-order valence-corrected chi connectivity index (χ4v) is 6.91. The topological polar surface area (TPSA) is 76.0 Å². The normalized spacial score (nSPS) is 23.2. The number of aryl methyl sites for hydroxylation is 1. The third-order valence-electron chi connectivity index (χ3n) is 10.0. The van der Waals surface area contributed by atoms with Gasteiger partial charge in [-0.15, -0.1) is 0 Å². The highest BCUT2D eigenvalue weighted by atomic mass is 16.5. The van der Waals surface area contributed by atoms with Crippen LogP contribution in [0.15, 0.2) is 30.4 Å². The Labute approximate surface area is 250 Å². The fraction of sp³-hybridized carbons (Fsp3) is 0.750. The van der Waals surface area contributed by atoms with Gasteiger partial charge in [-0.1, -0.05) is 71.1 Å². The van der Waals surface area contributed by atoms with Crippen molar-refractivity contribution in [2.75, 3.05) is 26.4 Å². The molecular weight excluding hydrogens is 512 g/mol. The summed E-state index contributed by atoms with van der Waals surface area (Å²) in [5.41, 5.74) is 2.42. The maximum absolute atomic E-state index is 11.8. The van der Waals surface area contributed by atoms with E-state index in [9.17, 15) is 15.0 Å². The molecule has 0 radical (unpaired) electrons. The highest BCUT2D eigenvalue weighted by Gasteiger charge is 2.31. The fourth-order valence-electron chi connectivity index (χ4n) is 6.91. The van der Waals surface area contributed by atoms with Crippen molar-refractivity contribution in [3.8, 4) is 5.75 Å². The number of hydrogen-bond acceptors (Lipinski definition) is 5. The van der Waals surface area contributed by atoms with Gasteiger partial charge in [-0.25, -0.2) is 4.79 Å². The van der Waals surface area contributed by atoms with Gasteiger partial charge in [0.25, 0.3) is 0 Å². The summed E-state index contributed by atoms with van der Waals surface area (Å²) in [6.45, 7) is 10.1. The van der Waals surface area contributed by atoms with E-state index in [4.69, 9.17) is 9.47 Å². The van der Waals surface area contributed by atoms with Gasteiger partial charge in [-0.2, -0.15) is 0 Å². The lowest BCUT2D eigenvalue weighted by Gasteiger charge is -2.38. The van der Waals surface area contributed by atoms with E-state index in [-0.39, 0.29) is 19.2 Å². The Morgan fingerprint density at radius 2 is 1.61 bits per heavy atom. The Hall–Kier alpha value is -1.85. The quantitative estimate of drug-likeness (QED) is 0.112. The smallest absolute Gasteiger partial charge is 0.333 e. The molecule has 0 spiro atoms. The lowest BCUT2D eigenvalue weighted by atomic mass is 9.68. The van der Waals surface area contributed by atoms with Crippen LogP contribution < -0.4 is 4.74 Å². The Bertz CT molecular complexity index is 920. The van der Waals surface area contributed by atoms with Crippen LogP contribution in [-0.2, 0) is 16.0 Å². The van der Waals surface area contributed by atoms with Crippen LogP contribution in [-0.4, -0.2) is 42.6 Å². The van der Waals surface area contributed by atoms with Crippen molar-refractivity contribution in [2.24, 2.45) is 23.2 Å². The van der Waals surface area contributed by atoms with Crippen LogP contribution in [0, 0.1) is 23.2 Å². The molecule has 2 N–H and O–H groups in total. The number of rotatable bonds is 17. The van der Waals surface area contributed by atoms with Gasteiger partial charge in [0.15, 0.2) is 0 Å². The van der Waals surface area contributed by atoms with Crippen molar-refractivity contribution in [2.45, 2.75) is 123 Å². The zero-order valence-electron chi connectivity index (χ0n) is 26.3. The van der Waals surface area contributed by atoms with Crippen molar-refractivity contribution >= 4 is 5.97 Å². The van der Waals surface area contributed by atoms with Crippen LogP contribution in [0.3, 0.4) is 0 Å². The van der Waals surface area contributed by atoms with E-state index in [1.165, 1.54) is 82.6 Å². The molecule has 1 aromatic rings. The molecule has 2 aliphatic rings. The van der Waals surface area contributed by atoms with E-state index in [2.05, 4.69) is 31.7 Å². The second-order valence-corrected chi connectivity index (χ2v) is 13.5. The van der Waals surface area contributed by atoms with Crippen LogP contribution >= 0.6 is 0 Å². The maximum Gasteiger partial charge on any atom is 0.333 e. The number of carbonyl (C=O) groups is 1. The Kier molecular flexibility index (Phi) is 14.2. The number of ether oxygens (including phenoxy) is 2. The molecule has 3 rings (SSSR count). The van der Waals surface area contributed by atoms with E-state index in [0.29, 0.717) is 31.1 Å². The van der Waals surface area contributed by atoms with E-state index >= 15 is 0 Å². The summed E-state index contributed by atoms with van der Waals surface area (Å²) in [6.07, 6.45) is 18.7. The second-order valence-electron chi connectivity index (χ2n) is 13.5. The minimum Gasteiger partial charge on any atom is -0.493 e. The SMILES string of the molecule is C=C(C)C(=O)OCCCc1cc(C2CCC(C3CCC(CCCCC)CC3)CC2)ccc1OCCC(C)(CO)CO. The van der Waals surface area contributed by atoms with Crippen molar-refractivity contribution in [1.29, 1.82) is 0 Å². The highest BCUT2D eigenvalue weighted by molar-refractivity contribution is 5.86. The standard InChI is InChI=1S/C36H58O5/c1-5-6-7-9-28-11-13-29(14-12-28)30-15-17-31(18-16-30)32-19-20-34(40-23-21-36(4,25-37)26-38)33(24-32)10-8-22-41-35(39)27(2)3/h19-20,24,28-31,37-38H,2,5-18,21-23,25-26H2,1,3-4H3. The molecule has 0 saturated heterocycles. The van der Waals surface area contributed by atoms with Gasteiger partial charge in [0.2, 0.25) is 0 Å². The van der Waals surface area contributed by atoms with Crippen LogP contribution in [0.25, 0.3) is 0 Å². The average molecular weight is 571 g/mol. The molecule has 0 amide bonds. The number of hydrogen-bond donors (Lipinski definition) is 2. The molecule has 0 heterocycles. The molecule has 0 aliphatic heterocycles. The molecule has 2 saturated carbocycles. The van der Waals surface area contributed by atoms with Gasteiger partial charge < -0.3 is 19.7 Å². The Morgan fingerprint density at radius 1 is 0.951 bits per heavy atom. The molecule has 2 fully saturated rings. The molecule has 0 bridgehead atoms. The summed E-state index contributed by atoms with van der Waals surface area (Å²) in [5.74, 6) is 3.93. The van der Waals surface area contributed by atoms with E-state index in [1.807, 2.05) is 6.92 Å². The zero-order chi connectivity index (χ0) is 29.7. The highest BCUT2D eigenvalue weighted by Crippen LogP contribution is 2.45. The first-order valence-corrected chi connectivity index (χ1v) is 16.6. The predicted octanol–water partition coefficient (Wildman–Crippen LogP) is 8.16. The van der Waals surface area contributed by atoms with Crippen molar-refractivity contribution in [1.82, 2.24) is 0 Å². The summed E-state index contributed by atoms with van der Waals surface area (Å²) in [4.78, 5) is 11.8. The summed E-state index contributed by atoms with van der Waals surface area (Å²) < 4.78 is 11.5. The van der Waals surface area contributed by atoms with Gasteiger partial charge >= 0.3 is 5.97 Å². The monoisotopic (exact) mass is 570 g/mol. The molecule has 5 heteroatoms. The molecule has 41 heavy (non-hydrogen) atoms. The third kappa shape index (κ3) is 10.7. The van der Waals surface area contributed by atoms with Crippen molar-refractivity contribution in [3.63, 3.8) is 0 Å². The Morgan fingerprint density at radius 3 is 2.22 bits per heavy atom. The molecular formula is C36H58O5. The van der Waals surface area contributed by atoms with Crippen molar-refractivity contribution < 1.29 is 24.5 Å². The van der Waals surface area contributed by atoms with E-state index < -0.39 is 5.41 Å². The van der Waals surface area contributed by atoms with Gasteiger partial charge in [0.05, 0.1) is 26.4 Å². The minimum absolute atomic E-state index is 0.0736. The van der Waals surface area contributed by atoms with Gasteiger partial charge in [0, 0.05) is 11.0 Å². The lowest BCUT2D eigenvalue weighted by Crippen LogP contribution is -2.28. The molecule has 2 aliphatic carbocycles. The molecule has 0 atom stereocenters.